The molecule has 1 aromatic carbocycles. The van der Waals surface area contributed by atoms with Crippen LogP contribution in [0.25, 0.3) is 15.9 Å². The molecule has 3 aromatic heterocycles. The predicted octanol–water partition coefficient (Wildman–Crippen LogP) is 4.27. The van der Waals surface area contributed by atoms with Crippen LogP contribution in [0, 0.1) is 3.95 Å². The molecule has 0 spiro atoms. The lowest BCUT2D eigenvalue weighted by Gasteiger charge is -2.11. The van der Waals surface area contributed by atoms with Crippen molar-refractivity contribution in [2.45, 2.75) is 30.8 Å². The van der Waals surface area contributed by atoms with Crippen LogP contribution in [0.1, 0.15) is 33.0 Å². The van der Waals surface area contributed by atoms with Gasteiger partial charge in [0.2, 0.25) is 5.91 Å². The molecule has 0 atom stereocenters. The second-order valence-electron chi connectivity index (χ2n) is 7.68. The highest BCUT2D eigenvalue weighted by Crippen LogP contribution is 2.34. The number of H-pyrrole nitrogens is 1. The van der Waals surface area contributed by atoms with E-state index in [0.29, 0.717) is 25.0 Å². The SMILES string of the molecule is NC(=O)c1sc(=S)n(-c2ccccc2)c1NC(=O)CSc1nc2sc3c(c2c(=O)[nH]1)CCCC3. The molecule has 4 N–H and O–H groups in total. The van der Waals surface area contributed by atoms with Crippen molar-refractivity contribution in [2.24, 2.45) is 5.73 Å². The van der Waals surface area contributed by atoms with Gasteiger partial charge in [-0.3, -0.25) is 19.0 Å². The average molecular weight is 530 g/mol. The van der Waals surface area contributed by atoms with E-state index in [1.165, 1.54) is 4.88 Å². The van der Waals surface area contributed by atoms with Crippen LogP contribution in [0.15, 0.2) is 40.3 Å². The number of fused-ring (bicyclic) bond motifs is 3. The van der Waals surface area contributed by atoms with Gasteiger partial charge in [-0.25, -0.2) is 4.98 Å². The highest BCUT2D eigenvalue weighted by Gasteiger charge is 2.22. The van der Waals surface area contributed by atoms with Crippen LogP contribution in [-0.2, 0) is 17.6 Å². The first-order valence-electron chi connectivity index (χ1n) is 10.5. The molecule has 0 fully saturated rings. The number of nitrogens with two attached hydrogens (primary N) is 1. The normalized spacial score (nSPS) is 13.1. The summed E-state index contributed by atoms with van der Waals surface area (Å²) in [4.78, 5) is 47.0. The second-order valence-corrected chi connectivity index (χ2v) is 11.4. The molecule has 174 valence electrons. The van der Waals surface area contributed by atoms with Gasteiger partial charge in [-0.1, -0.05) is 41.3 Å². The molecule has 1 aliphatic carbocycles. The number of thiazole rings is 1. The van der Waals surface area contributed by atoms with Gasteiger partial charge in [0.25, 0.3) is 11.5 Å². The number of anilines is 1. The molecule has 34 heavy (non-hydrogen) atoms. The summed E-state index contributed by atoms with van der Waals surface area (Å²) < 4.78 is 2.01. The maximum absolute atomic E-state index is 12.8. The van der Waals surface area contributed by atoms with Crippen LogP contribution in [0.4, 0.5) is 5.82 Å². The molecule has 12 heteroatoms. The van der Waals surface area contributed by atoms with Crippen molar-refractivity contribution in [1.29, 1.82) is 0 Å². The van der Waals surface area contributed by atoms with Crippen molar-refractivity contribution >= 4 is 74.5 Å². The van der Waals surface area contributed by atoms with E-state index in [0.717, 1.165) is 54.3 Å². The van der Waals surface area contributed by atoms with Gasteiger partial charge < -0.3 is 16.0 Å². The van der Waals surface area contributed by atoms with Gasteiger partial charge in [0.1, 0.15) is 15.5 Å². The minimum Gasteiger partial charge on any atom is -0.365 e. The maximum Gasteiger partial charge on any atom is 0.262 e. The quantitative estimate of drug-likeness (QED) is 0.195. The Morgan fingerprint density at radius 2 is 1.97 bits per heavy atom. The Bertz CT molecular complexity index is 1530. The summed E-state index contributed by atoms with van der Waals surface area (Å²) in [5.74, 6) is -0.832. The van der Waals surface area contributed by atoms with E-state index >= 15 is 0 Å². The number of amides is 2. The monoisotopic (exact) mass is 529 g/mol. The zero-order valence-corrected chi connectivity index (χ0v) is 21.0. The number of benzene rings is 1. The number of para-hydroxylation sites is 1. The number of carbonyl (C=O) groups excluding carboxylic acids is 2. The van der Waals surface area contributed by atoms with Crippen LogP contribution in [0.5, 0.6) is 0 Å². The fourth-order valence-electron chi connectivity index (χ4n) is 3.98. The third-order valence-electron chi connectivity index (χ3n) is 5.45. The lowest BCUT2D eigenvalue weighted by atomic mass is 9.97. The highest BCUT2D eigenvalue weighted by molar-refractivity contribution is 7.99. The Balaban J connectivity index is 1.38. The van der Waals surface area contributed by atoms with E-state index in [2.05, 4.69) is 15.3 Å². The molecule has 0 unspecified atom stereocenters. The number of thiophene rings is 1. The van der Waals surface area contributed by atoms with E-state index in [9.17, 15) is 14.4 Å². The van der Waals surface area contributed by atoms with Crippen molar-refractivity contribution in [2.75, 3.05) is 11.1 Å². The van der Waals surface area contributed by atoms with Gasteiger partial charge in [-0.05, 0) is 55.6 Å². The molecule has 8 nitrogen and oxygen atoms in total. The van der Waals surface area contributed by atoms with Crippen LogP contribution < -0.4 is 16.6 Å². The molecule has 0 aliphatic heterocycles. The molecule has 4 aromatic rings. The van der Waals surface area contributed by atoms with E-state index < -0.39 is 5.91 Å². The first-order valence-corrected chi connectivity index (χ1v) is 13.5. The number of hydrogen-bond acceptors (Lipinski definition) is 8. The van der Waals surface area contributed by atoms with Gasteiger partial charge in [0.15, 0.2) is 9.11 Å². The molecule has 0 radical (unpaired) electrons. The Morgan fingerprint density at radius 3 is 2.74 bits per heavy atom. The van der Waals surface area contributed by atoms with Gasteiger partial charge in [0.05, 0.1) is 11.1 Å². The lowest BCUT2D eigenvalue weighted by molar-refractivity contribution is -0.113. The largest absolute Gasteiger partial charge is 0.365 e. The van der Waals surface area contributed by atoms with E-state index in [1.54, 1.807) is 15.9 Å². The van der Waals surface area contributed by atoms with Crippen molar-refractivity contribution in [3.8, 4) is 5.69 Å². The summed E-state index contributed by atoms with van der Waals surface area (Å²) >= 11 is 9.15. The van der Waals surface area contributed by atoms with Crippen molar-refractivity contribution in [3.63, 3.8) is 0 Å². The Kier molecular flexibility index (Phi) is 6.38. The number of aromatic amines is 1. The third-order valence-corrected chi connectivity index (χ3v) is 8.90. The summed E-state index contributed by atoms with van der Waals surface area (Å²) in [5, 5.41) is 3.83. The maximum atomic E-state index is 12.8. The summed E-state index contributed by atoms with van der Waals surface area (Å²) in [5.41, 5.74) is 7.19. The van der Waals surface area contributed by atoms with Crippen molar-refractivity contribution in [1.82, 2.24) is 14.5 Å². The first-order chi connectivity index (χ1) is 16.4. The minimum absolute atomic E-state index is 0.0187. The van der Waals surface area contributed by atoms with Gasteiger partial charge >= 0.3 is 0 Å². The molecule has 5 rings (SSSR count). The fraction of sp³-hybridized carbons (Fsp3) is 0.227. The number of nitrogens with zero attached hydrogens (tertiary/aromatic N) is 2. The summed E-state index contributed by atoms with van der Waals surface area (Å²) in [6.45, 7) is 0. The first kappa shape index (κ1) is 23.0. The smallest absolute Gasteiger partial charge is 0.262 e. The number of hydrogen-bond donors (Lipinski definition) is 3. The number of aromatic nitrogens is 3. The third kappa shape index (κ3) is 4.33. The number of rotatable bonds is 6. The minimum atomic E-state index is -0.674. The number of thioether (sulfide) groups is 1. The Labute approximate surface area is 211 Å². The predicted molar refractivity (Wildman–Crippen MR) is 139 cm³/mol. The molecule has 0 saturated carbocycles. The van der Waals surface area contributed by atoms with Crippen LogP contribution >= 0.6 is 46.7 Å². The number of carbonyl (C=O) groups is 2. The molecule has 0 bridgehead atoms. The van der Waals surface area contributed by atoms with Crippen LogP contribution in [0.2, 0.25) is 0 Å². The van der Waals surface area contributed by atoms with Crippen molar-refractivity contribution < 1.29 is 9.59 Å². The summed E-state index contributed by atoms with van der Waals surface area (Å²) in [6.07, 6.45) is 4.10. The molecule has 1 aliphatic rings. The topological polar surface area (TPSA) is 123 Å². The molecular weight excluding hydrogens is 511 g/mol. The molecule has 2 amide bonds. The lowest BCUT2D eigenvalue weighted by Crippen LogP contribution is -2.21. The molecule has 3 heterocycles. The average Bonchev–Trinajstić information content (AvgIpc) is 3.36. The summed E-state index contributed by atoms with van der Waals surface area (Å²) in [7, 11) is 0. The van der Waals surface area contributed by atoms with E-state index in [4.69, 9.17) is 18.0 Å². The van der Waals surface area contributed by atoms with Gasteiger partial charge in [0, 0.05) is 10.6 Å². The van der Waals surface area contributed by atoms with Crippen molar-refractivity contribution in [3.05, 3.63) is 60.0 Å². The number of nitrogens with one attached hydrogen (secondary N) is 2. The molecular formula is C22H19N5O3S4. The van der Waals surface area contributed by atoms with Crippen LogP contribution in [0.3, 0.4) is 0 Å². The Morgan fingerprint density at radius 1 is 1.21 bits per heavy atom. The van der Waals surface area contributed by atoms with Gasteiger partial charge in [-0.2, -0.15) is 0 Å². The van der Waals surface area contributed by atoms with Gasteiger partial charge in [-0.15, -0.1) is 11.3 Å². The Hall–Kier alpha value is -2.80. The van der Waals surface area contributed by atoms with E-state index in [-0.39, 0.29) is 27.9 Å². The van der Waals surface area contributed by atoms with E-state index in [1.807, 2.05) is 30.3 Å². The molecule has 0 saturated heterocycles. The number of primary amides is 1. The van der Waals surface area contributed by atoms with Crippen LogP contribution in [-0.4, -0.2) is 32.1 Å². The fourth-order valence-corrected chi connectivity index (χ4v) is 7.21. The standard InChI is InChI=1S/C22H19N5O3S4/c23-17(29)16-18(27(22(31)34-16)11-6-2-1-3-7-11)24-14(28)10-32-21-25-19(30)15-12-8-4-5-9-13(12)33-20(15)26-21/h1-3,6-7H,4-5,8-10H2,(H2,23,29)(H,24,28)(H,25,26,30). The zero-order chi connectivity index (χ0) is 23.8. The second kappa shape index (κ2) is 9.45. The number of aryl methyl sites for hydroxylation is 2. The highest BCUT2D eigenvalue weighted by atomic mass is 32.2. The zero-order valence-electron chi connectivity index (χ0n) is 17.8. The summed E-state index contributed by atoms with van der Waals surface area (Å²) in [6, 6.07) is 9.17.